The number of ether oxygens (including phenoxy) is 2. The number of carbonyl (C=O) groups excluding carboxylic acids is 1. The van der Waals surface area contributed by atoms with Crippen LogP contribution in [0.2, 0.25) is 10.0 Å². The Kier molecular flexibility index (Phi) is 7.03. The van der Waals surface area contributed by atoms with Crippen LogP contribution in [0.3, 0.4) is 0 Å². The number of benzene rings is 2. The van der Waals surface area contributed by atoms with Crippen LogP contribution in [0.5, 0.6) is 11.5 Å². The van der Waals surface area contributed by atoms with Crippen LogP contribution in [0.1, 0.15) is 6.92 Å². The van der Waals surface area contributed by atoms with Crippen molar-refractivity contribution in [2.75, 3.05) is 19.8 Å². The lowest BCUT2D eigenvalue weighted by molar-refractivity contribution is -0.0529. The quantitative estimate of drug-likeness (QED) is 0.656. The monoisotopic (exact) mass is 369 g/mol. The third kappa shape index (κ3) is 5.51. The minimum Gasteiger partial charge on any atom is -0.492 e. The van der Waals surface area contributed by atoms with Gasteiger partial charge in [-0.15, -0.1) is 5.06 Å². The summed E-state index contributed by atoms with van der Waals surface area (Å²) in [7, 11) is 0. The third-order valence-corrected chi connectivity index (χ3v) is 3.62. The topological polar surface area (TPSA) is 48.0 Å². The Bertz CT molecular complexity index is 667. The molecule has 1 amide bonds. The largest absolute Gasteiger partial charge is 0.492 e. The fraction of sp³-hybridized carbons (Fsp3) is 0.235. The van der Waals surface area contributed by atoms with Gasteiger partial charge in [0.1, 0.15) is 12.4 Å². The molecule has 0 spiro atoms. The molecule has 0 aliphatic rings. The molecule has 2 aromatic carbocycles. The zero-order chi connectivity index (χ0) is 17.4. The van der Waals surface area contributed by atoms with Gasteiger partial charge in [-0.25, -0.2) is 4.79 Å². The third-order valence-electron chi connectivity index (χ3n) is 2.88. The molecule has 7 heteroatoms. The first-order valence-electron chi connectivity index (χ1n) is 7.35. The van der Waals surface area contributed by atoms with Gasteiger partial charge in [0.25, 0.3) is 0 Å². The molecular formula is C17H17Cl2NO4. The lowest BCUT2D eigenvalue weighted by Crippen LogP contribution is -2.38. The fourth-order valence-corrected chi connectivity index (χ4v) is 2.08. The highest BCUT2D eigenvalue weighted by molar-refractivity contribution is 6.42. The summed E-state index contributed by atoms with van der Waals surface area (Å²) >= 11 is 11.8. The highest BCUT2D eigenvalue weighted by Gasteiger charge is 2.17. The molecule has 2 aromatic rings. The van der Waals surface area contributed by atoms with Gasteiger partial charge < -0.3 is 14.3 Å². The summed E-state index contributed by atoms with van der Waals surface area (Å²) in [4.78, 5) is 17.5. The van der Waals surface area contributed by atoms with Gasteiger partial charge in [-0.05, 0) is 31.2 Å². The molecule has 0 heterocycles. The summed E-state index contributed by atoms with van der Waals surface area (Å²) in [6.07, 6.45) is -0.611. The average molecular weight is 370 g/mol. The maximum atomic E-state index is 12.0. The summed E-state index contributed by atoms with van der Waals surface area (Å²) in [5, 5.41) is 1.81. The van der Waals surface area contributed by atoms with E-state index in [1.165, 1.54) is 6.07 Å². The van der Waals surface area contributed by atoms with Crippen molar-refractivity contribution in [3.05, 3.63) is 58.6 Å². The van der Waals surface area contributed by atoms with Gasteiger partial charge in [0.2, 0.25) is 0 Å². The molecule has 2 rings (SSSR count). The SMILES string of the molecule is CCOC(=O)N(CCOc1ccccc1)Oc1ccc(Cl)c(Cl)c1. The highest BCUT2D eigenvalue weighted by atomic mass is 35.5. The molecule has 0 aliphatic heterocycles. The fourth-order valence-electron chi connectivity index (χ4n) is 1.79. The predicted octanol–water partition coefficient (Wildman–Crippen LogP) is 4.82. The van der Waals surface area contributed by atoms with Gasteiger partial charge in [-0.1, -0.05) is 41.4 Å². The predicted molar refractivity (Wildman–Crippen MR) is 92.8 cm³/mol. The first-order chi connectivity index (χ1) is 11.6. The van der Waals surface area contributed by atoms with E-state index < -0.39 is 6.09 Å². The van der Waals surface area contributed by atoms with Gasteiger partial charge in [-0.3, -0.25) is 0 Å². The Morgan fingerprint density at radius 3 is 2.46 bits per heavy atom. The summed E-state index contributed by atoms with van der Waals surface area (Å²) in [6, 6.07) is 14.0. The minimum atomic E-state index is -0.611. The molecule has 0 saturated heterocycles. The van der Waals surface area contributed by atoms with E-state index in [9.17, 15) is 4.79 Å². The lowest BCUT2D eigenvalue weighted by Gasteiger charge is -2.21. The second kappa shape index (κ2) is 9.25. The van der Waals surface area contributed by atoms with Crippen molar-refractivity contribution in [3.8, 4) is 11.5 Å². The average Bonchev–Trinajstić information content (AvgIpc) is 2.58. The van der Waals surface area contributed by atoms with E-state index in [2.05, 4.69) is 0 Å². The smallest absolute Gasteiger partial charge is 0.443 e. The van der Waals surface area contributed by atoms with E-state index >= 15 is 0 Å². The molecule has 128 valence electrons. The Balaban J connectivity index is 1.98. The van der Waals surface area contributed by atoms with Crippen LogP contribution < -0.4 is 9.57 Å². The van der Waals surface area contributed by atoms with E-state index in [0.29, 0.717) is 21.5 Å². The number of nitrogens with zero attached hydrogens (tertiary/aromatic N) is 1. The molecule has 5 nitrogen and oxygen atoms in total. The van der Waals surface area contributed by atoms with Crippen LogP contribution in [0.15, 0.2) is 48.5 Å². The van der Waals surface area contributed by atoms with E-state index in [1.807, 2.05) is 30.3 Å². The molecule has 0 aliphatic carbocycles. The summed E-state index contributed by atoms with van der Waals surface area (Å²) in [6.45, 7) is 2.37. The maximum Gasteiger partial charge on any atom is 0.443 e. The van der Waals surface area contributed by atoms with Gasteiger partial charge >= 0.3 is 6.09 Å². The molecule has 24 heavy (non-hydrogen) atoms. The number of para-hydroxylation sites is 1. The first kappa shape index (κ1) is 18.2. The van der Waals surface area contributed by atoms with Gasteiger partial charge in [0.05, 0.1) is 23.2 Å². The molecule has 0 radical (unpaired) electrons. The second-order valence-corrected chi connectivity index (χ2v) is 5.44. The molecule has 0 atom stereocenters. The number of hydrogen-bond acceptors (Lipinski definition) is 4. The van der Waals surface area contributed by atoms with E-state index in [-0.39, 0.29) is 19.8 Å². The normalized spacial score (nSPS) is 10.1. The first-order valence-corrected chi connectivity index (χ1v) is 8.11. The van der Waals surface area contributed by atoms with E-state index in [4.69, 9.17) is 37.5 Å². The molecule has 0 fully saturated rings. The molecule has 0 aromatic heterocycles. The number of amides is 1. The Morgan fingerprint density at radius 2 is 1.79 bits per heavy atom. The highest BCUT2D eigenvalue weighted by Crippen LogP contribution is 2.26. The standard InChI is InChI=1S/C17H17Cl2NO4/c1-2-22-17(21)20(10-11-23-13-6-4-3-5-7-13)24-14-8-9-15(18)16(19)12-14/h3-9,12H,2,10-11H2,1H3. The lowest BCUT2D eigenvalue weighted by atomic mass is 10.3. The Hall–Kier alpha value is -2.11. The number of rotatable bonds is 7. The van der Waals surface area contributed by atoms with Crippen LogP contribution >= 0.6 is 23.2 Å². The molecule has 0 bridgehead atoms. The van der Waals surface area contributed by atoms with Crippen molar-refractivity contribution < 1.29 is 19.1 Å². The summed E-state index contributed by atoms with van der Waals surface area (Å²) in [5.74, 6) is 1.08. The van der Waals surface area contributed by atoms with Crippen LogP contribution in [0.4, 0.5) is 4.79 Å². The summed E-state index contributed by atoms with van der Waals surface area (Å²) in [5.41, 5.74) is 0. The minimum absolute atomic E-state index is 0.175. The van der Waals surface area contributed by atoms with Crippen LogP contribution in [0.25, 0.3) is 0 Å². The van der Waals surface area contributed by atoms with Gasteiger partial charge in [0.15, 0.2) is 5.75 Å². The van der Waals surface area contributed by atoms with Crippen LogP contribution in [-0.2, 0) is 4.74 Å². The van der Waals surface area contributed by atoms with E-state index in [1.54, 1.807) is 19.1 Å². The van der Waals surface area contributed by atoms with Crippen molar-refractivity contribution >= 4 is 29.3 Å². The molecule has 0 N–H and O–H groups in total. The van der Waals surface area contributed by atoms with Crippen LogP contribution in [0, 0.1) is 0 Å². The maximum absolute atomic E-state index is 12.0. The van der Waals surface area contributed by atoms with Gasteiger partial charge in [0, 0.05) is 6.07 Å². The van der Waals surface area contributed by atoms with Crippen molar-refractivity contribution in [1.82, 2.24) is 5.06 Å². The van der Waals surface area contributed by atoms with Crippen molar-refractivity contribution in [2.45, 2.75) is 6.92 Å². The number of carbonyl (C=O) groups is 1. The summed E-state index contributed by atoms with van der Waals surface area (Å²) < 4.78 is 10.5. The zero-order valence-electron chi connectivity index (χ0n) is 13.1. The van der Waals surface area contributed by atoms with Crippen molar-refractivity contribution in [3.63, 3.8) is 0 Å². The van der Waals surface area contributed by atoms with Crippen molar-refractivity contribution in [2.24, 2.45) is 0 Å². The molecule has 0 saturated carbocycles. The number of hydroxylamine groups is 2. The van der Waals surface area contributed by atoms with Crippen molar-refractivity contribution in [1.29, 1.82) is 0 Å². The van der Waals surface area contributed by atoms with Crippen LogP contribution in [-0.4, -0.2) is 30.9 Å². The second-order valence-electron chi connectivity index (χ2n) is 4.63. The molecule has 0 unspecified atom stereocenters. The van der Waals surface area contributed by atoms with E-state index in [0.717, 1.165) is 5.06 Å². The molecular weight excluding hydrogens is 353 g/mol. The number of halogens is 2. The number of hydrogen-bond donors (Lipinski definition) is 0. The zero-order valence-corrected chi connectivity index (χ0v) is 14.6. The Morgan fingerprint density at radius 1 is 1.04 bits per heavy atom. The Labute approximate surface area is 150 Å². The van der Waals surface area contributed by atoms with Gasteiger partial charge in [-0.2, -0.15) is 0 Å².